The number of amides is 1. The van der Waals surface area contributed by atoms with Crippen molar-refractivity contribution in [3.05, 3.63) is 51.1 Å². The van der Waals surface area contributed by atoms with Crippen molar-refractivity contribution in [2.75, 3.05) is 17.7 Å². The predicted octanol–water partition coefficient (Wildman–Crippen LogP) is 4.12. The number of carboxylic acid groups (broad SMARTS) is 1. The Kier molecular flexibility index (Phi) is 5.13. The maximum Gasteiger partial charge on any atom is 0.409 e. The third-order valence-electron chi connectivity index (χ3n) is 4.14. The molecule has 0 aliphatic carbocycles. The Morgan fingerprint density at radius 3 is 2.67 bits per heavy atom. The van der Waals surface area contributed by atoms with Crippen LogP contribution in [-0.4, -0.2) is 27.8 Å². The molecule has 0 saturated carbocycles. The summed E-state index contributed by atoms with van der Waals surface area (Å²) in [4.78, 5) is 28.2. The molecule has 1 aromatic carbocycles. The van der Waals surface area contributed by atoms with E-state index in [2.05, 4.69) is 26.2 Å². The van der Waals surface area contributed by atoms with Crippen molar-refractivity contribution in [2.24, 2.45) is 0 Å². The Bertz CT molecular complexity index is 1110. The fourth-order valence-electron chi connectivity index (χ4n) is 2.88. The van der Waals surface area contributed by atoms with Crippen LogP contribution in [0.4, 0.5) is 20.7 Å². The largest absolute Gasteiger partial charge is 0.465 e. The number of halogens is 2. The van der Waals surface area contributed by atoms with Gasteiger partial charge in [0.15, 0.2) is 0 Å². The van der Waals surface area contributed by atoms with Gasteiger partial charge in [-0.15, -0.1) is 0 Å². The van der Waals surface area contributed by atoms with Crippen LogP contribution < -0.4 is 16.2 Å². The number of pyridine rings is 2. The lowest BCUT2D eigenvalue weighted by molar-refractivity contribution is 0.209. The number of anilines is 2. The second-order valence-electron chi connectivity index (χ2n) is 5.73. The van der Waals surface area contributed by atoms with Gasteiger partial charge in [-0.1, -0.05) is 15.9 Å². The van der Waals surface area contributed by atoms with E-state index in [0.717, 1.165) is 11.5 Å². The highest BCUT2D eigenvalue weighted by molar-refractivity contribution is 9.10. The van der Waals surface area contributed by atoms with Crippen LogP contribution in [0.25, 0.3) is 22.0 Å². The van der Waals surface area contributed by atoms with Gasteiger partial charge in [-0.05, 0) is 25.1 Å². The number of hydrogen-bond donors (Lipinski definition) is 3. The second kappa shape index (κ2) is 7.36. The summed E-state index contributed by atoms with van der Waals surface area (Å²) in [5.74, 6) is -0.113. The summed E-state index contributed by atoms with van der Waals surface area (Å²) in [6.07, 6.45) is 0.250. The van der Waals surface area contributed by atoms with Gasteiger partial charge in [0, 0.05) is 46.8 Å². The van der Waals surface area contributed by atoms with Gasteiger partial charge in [-0.2, -0.15) is 0 Å². The van der Waals surface area contributed by atoms with E-state index in [4.69, 9.17) is 5.11 Å². The zero-order chi connectivity index (χ0) is 19.7. The van der Waals surface area contributed by atoms with E-state index in [1.807, 2.05) is 12.2 Å². The van der Waals surface area contributed by atoms with E-state index in [1.54, 1.807) is 29.9 Å². The summed E-state index contributed by atoms with van der Waals surface area (Å²) < 4.78 is 16.0. The first kappa shape index (κ1) is 18.8. The molecule has 3 N–H and O–H groups in total. The van der Waals surface area contributed by atoms with Crippen molar-refractivity contribution in [2.45, 2.75) is 13.5 Å². The normalized spacial score (nSPS) is 10.8. The van der Waals surface area contributed by atoms with Gasteiger partial charge in [-0.25, -0.2) is 14.2 Å². The van der Waals surface area contributed by atoms with E-state index in [9.17, 15) is 14.0 Å². The molecule has 2 heterocycles. The zero-order valence-electron chi connectivity index (χ0n) is 14.5. The fourth-order valence-corrected chi connectivity index (χ4v) is 3.41. The highest BCUT2D eigenvalue weighted by Crippen LogP contribution is 2.32. The van der Waals surface area contributed by atoms with Crippen LogP contribution in [-0.2, 0) is 6.54 Å². The first-order chi connectivity index (χ1) is 12.8. The zero-order valence-corrected chi connectivity index (χ0v) is 16.1. The Balaban J connectivity index is 2.30. The van der Waals surface area contributed by atoms with Gasteiger partial charge >= 0.3 is 6.09 Å². The van der Waals surface area contributed by atoms with Crippen molar-refractivity contribution < 1.29 is 14.3 Å². The fraction of sp³-hybridized carbons (Fsp3) is 0.167. The van der Waals surface area contributed by atoms with Crippen molar-refractivity contribution >= 4 is 44.4 Å². The molecule has 0 aliphatic rings. The van der Waals surface area contributed by atoms with E-state index in [-0.39, 0.29) is 11.2 Å². The molecular formula is C18H16BrFN4O3. The molecule has 0 saturated heterocycles. The number of hydrogen-bond acceptors (Lipinski definition) is 4. The first-order valence-electron chi connectivity index (χ1n) is 8.06. The van der Waals surface area contributed by atoms with Crippen LogP contribution in [0.15, 0.2) is 39.7 Å². The minimum absolute atomic E-state index is 0.230. The number of fused-ring (bicyclic) bond motifs is 1. The molecule has 1 amide bonds. The van der Waals surface area contributed by atoms with Crippen LogP contribution in [0.5, 0.6) is 0 Å². The first-order valence-corrected chi connectivity index (χ1v) is 8.85. The predicted molar refractivity (Wildman–Crippen MR) is 106 cm³/mol. The molecule has 2 aromatic heterocycles. The number of aryl methyl sites for hydroxylation is 1. The maximum absolute atomic E-state index is 14.0. The molecule has 3 aromatic rings. The summed E-state index contributed by atoms with van der Waals surface area (Å²) in [6.45, 7) is 2.27. The molecule has 0 atom stereocenters. The summed E-state index contributed by atoms with van der Waals surface area (Å²) in [5.41, 5.74) is 0.905. The lowest BCUT2D eigenvalue weighted by atomic mass is 10.0. The van der Waals surface area contributed by atoms with Gasteiger partial charge in [0.2, 0.25) is 0 Å². The summed E-state index contributed by atoms with van der Waals surface area (Å²) in [7, 11) is 1.74. The second-order valence-corrected chi connectivity index (χ2v) is 6.58. The highest BCUT2D eigenvalue weighted by Gasteiger charge is 2.17. The van der Waals surface area contributed by atoms with Crippen LogP contribution in [0.1, 0.15) is 6.92 Å². The average molecular weight is 435 g/mol. The Morgan fingerprint density at radius 2 is 2.04 bits per heavy atom. The minimum Gasteiger partial charge on any atom is -0.465 e. The Hall–Kier alpha value is -2.94. The van der Waals surface area contributed by atoms with Crippen LogP contribution in [0.3, 0.4) is 0 Å². The number of nitrogens with one attached hydrogen (secondary N) is 2. The van der Waals surface area contributed by atoms with Crippen molar-refractivity contribution in [3.8, 4) is 11.1 Å². The number of nitrogens with zero attached hydrogens (tertiary/aromatic N) is 2. The lowest BCUT2D eigenvalue weighted by Gasteiger charge is -2.14. The van der Waals surface area contributed by atoms with Gasteiger partial charge in [-0.3, -0.25) is 10.1 Å². The third kappa shape index (κ3) is 3.50. The van der Waals surface area contributed by atoms with Crippen LogP contribution in [0.2, 0.25) is 0 Å². The maximum atomic E-state index is 14.0. The van der Waals surface area contributed by atoms with Crippen LogP contribution >= 0.6 is 15.9 Å². The van der Waals surface area contributed by atoms with E-state index >= 15 is 0 Å². The molecule has 0 radical (unpaired) electrons. The number of carbonyl (C=O) groups is 1. The number of aromatic nitrogens is 2. The molecule has 0 fully saturated rings. The topological polar surface area (TPSA) is 96.2 Å². The molecule has 7 nitrogen and oxygen atoms in total. The Morgan fingerprint density at radius 1 is 1.30 bits per heavy atom. The number of rotatable bonds is 4. The molecule has 3 rings (SSSR count). The molecule has 9 heteroatoms. The van der Waals surface area contributed by atoms with Crippen molar-refractivity contribution in [1.29, 1.82) is 0 Å². The number of benzene rings is 1. The molecule has 0 aliphatic heterocycles. The molecule has 0 bridgehead atoms. The smallest absolute Gasteiger partial charge is 0.409 e. The van der Waals surface area contributed by atoms with Gasteiger partial charge in [0.1, 0.15) is 11.6 Å². The molecule has 140 valence electrons. The highest BCUT2D eigenvalue weighted by atomic mass is 79.9. The average Bonchev–Trinajstić information content (AvgIpc) is 2.63. The van der Waals surface area contributed by atoms with Gasteiger partial charge < -0.3 is 15.0 Å². The Labute approximate surface area is 162 Å². The molecule has 27 heavy (non-hydrogen) atoms. The monoisotopic (exact) mass is 434 g/mol. The van der Waals surface area contributed by atoms with E-state index in [0.29, 0.717) is 33.5 Å². The van der Waals surface area contributed by atoms with Crippen molar-refractivity contribution in [3.63, 3.8) is 0 Å². The lowest BCUT2D eigenvalue weighted by Crippen LogP contribution is -2.22. The van der Waals surface area contributed by atoms with E-state index < -0.39 is 11.9 Å². The minimum atomic E-state index is -1.39. The summed E-state index contributed by atoms with van der Waals surface area (Å²) >= 11 is 3.26. The summed E-state index contributed by atoms with van der Waals surface area (Å²) in [6, 6.07) is 5.87. The van der Waals surface area contributed by atoms with Gasteiger partial charge in [0.05, 0.1) is 11.2 Å². The SMILES string of the molecule is CCn1c(=O)c(-c2cc(NC(=O)O)c(F)cc2Br)cc2cnc(NC)cc21. The molecular weight excluding hydrogens is 419 g/mol. The molecule has 0 unspecified atom stereocenters. The molecule has 0 spiro atoms. The summed E-state index contributed by atoms with van der Waals surface area (Å²) in [5, 5.41) is 14.6. The van der Waals surface area contributed by atoms with E-state index in [1.165, 1.54) is 6.07 Å². The third-order valence-corrected chi connectivity index (χ3v) is 4.80. The standard InChI is InChI=1S/C18H16BrFN4O3/c1-3-24-15-7-16(21-2)22-8-9(15)4-11(17(24)25)10-5-14(23-18(26)27)13(20)6-12(10)19/h4-8,23H,3H2,1-2H3,(H,21,22)(H,26,27). The van der Waals surface area contributed by atoms with Crippen LogP contribution in [0, 0.1) is 5.82 Å². The van der Waals surface area contributed by atoms with Crippen molar-refractivity contribution in [1.82, 2.24) is 9.55 Å². The quantitative estimate of drug-likeness (QED) is 0.573. The van der Waals surface area contributed by atoms with Gasteiger partial charge in [0.25, 0.3) is 5.56 Å².